The second kappa shape index (κ2) is 8.60. The monoisotopic (exact) mass is 403 g/mol. The van der Waals surface area contributed by atoms with Crippen LogP contribution in [0.3, 0.4) is 0 Å². The SMILES string of the molecule is COc1ccc(CCN(Cc2ccccc2)C(=O)c2cc(=O)n3[nH]cnc3n2)cc1. The standard InChI is InChI=1S/C22H21N5O3/c1-30-18-9-7-16(8-10-18)11-12-26(14-17-5-3-2-4-6-17)21(29)19-13-20(28)27-22(25-19)23-15-24-27/h2-10,13,15H,11-12,14H2,1H3,(H,23,24,25). The molecule has 0 saturated heterocycles. The van der Waals surface area contributed by atoms with Crippen molar-refractivity contribution in [1.29, 1.82) is 0 Å². The number of aromatic amines is 1. The number of ether oxygens (including phenoxy) is 1. The summed E-state index contributed by atoms with van der Waals surface area (Å²) in [6.45, 7) is 0.888. The van der Waals surface area contributed by atoms with Crippen molar-refractivity contribution in [3.05, 3.63) is 94.2 Å². The predicted octanol–water partition coefficient (Wildman–Crippen LogP) is 2.31. The second-order valence-electron chi connectivity index (χ2n) is 6.81. The highest BCUT2D eigenvalue weighted by Gasteiger charge is 2.19. The molecule has 0 atom stereocenters. The van der Waals surface area contributed by atoms with Gasteiger partial charge in [-0.2, -0.15) is 4.52 Å². The highest BCUT2D eigenvalue weighted by Crippen LogP contribution is 2.14. The summed E-state index contributed by atoms with van der Waals surface area (Å²) in [5.74, 6) is 0.642. The number of nitrogens with one attached hydrogen (secondary N) is 1. The van der Waals surface area contributed by atoms with E-state index in [4.69, 9.17) is 4.74 Å². The van der Waals surface area contributed by atoms with Crippen LogP contribution in [-0.4, -0.2) is 44.0 Å². The molecule has 4 aromatic rings. The molecule has 0 aliphatic rings. The zero-order valence-corrected chi connectivity index (χ0v) is 16.5. The van der Waals surface area contributed by atoms with Gasteiger partial charge in [0.05, 0.1) is 7.11 Å². The van der Waals surface area contributed by atoms with Crippen molar-refractivity contribution >= 4 is 11.7 Å². The van der Waals surface area contributed by atoms with Crippen molar-refractivity contribution in [2.75, 3.05) is 13.7 Å². The number of benzene rings is 2. The lowest BCUT2D eigenvalue weighted by Crippen LogP contribution is -2.34. The van der Waals surface area contributed by atoms with Crippen LogP contribution in [0.15, 0.2) is 71.8 Å². The Bertz CT molecular complexity index is 1200. The highest BCUT2D eigenvalue weighted by atomic mass is 16.5. The Morgan fingerprint density at radius 1 is 1.10 bits per heavy atom. The highest BCUT2D eigenvalue weighted by molar-refractivity contribution is 5.92. The number of fused-ring (bicyclic) bond motifs is 1. The molecule has 0 aliphatic heterocycles. The Hall–Kier alpha value is -3.94. The van der Waals surface area contributed by atoms with Crippen molar-refractivity contribution < 1.29 is 9.53 Å². The number of nitrogens with zero attached hydrogens (tertiary/aromatic N) is 4. The van der Waals surface area contributed by atoms with Crippen LogP contribution in [0.5, 0.6) is 5.75 Å². The number of H-pyrrole nitrogens is 1. The fourth-order valence-corrected chi connectivity index (χ4v) is 3.21. The number of carbonyl (C=O) groups excluding carboxylic acids is 1. The lowest BCUT2D eigenvalue weighted by atomic mass is 10.1. The molecule has 0 unspecified atom stereocenters. The maximum atomic E-state index is 13.2. The molecule has 0 aliphatic carbocycles. The third kappa shape index (κ3) is 4.22. The molecule has 2 aromatic heterocycles. The molecule has 8 heteroatoms. The van der Waals surface area contributed by atoms with Crippen LogP contribution in [-0.2, 0) is 13.0 Å². The van der Waals surface area contributed by atoms with E-state index in [1.54, 1.807) is 12.0 Å². The normalized spacial score (nSPS) is 10.8. The fourth-order valence-electron chi connectivity index (χ4n) is 3.21. The number of methoxy groups -OCH3 is 1. The third-order valence-electron chi connectivity index (χ3n) is 4.82. The van der Waals surface area contributed by atoms with E-state index < -0.39 is 0 Å². The number of aromatic nitrogens is 4. The minimum absolute atomic E-state index is 0.0813. The van der Waals surface area contributed by atoms with Crippen molar-refractivity contribution in [1.82, 2.24) is 24.5 Å². The quantitative estimate of drug-likeness (QED) is 0.511. The topological polar surface area (TPSA) is 92.6 Å². The maximum absolute atomic E-state index is 13.2. The zero-order chi connectivity index (χ0) is 20.9. The molecule has 0 fully saturated rings. The molecular weight excluding hydrogens is 382 g/mol. The Labute approximate surface area is 172 Å². The average molecular weight is 403 g/mol. The first kappa shape index (κ1) is 19.4. The van der Waals surface area contributed by atoms with Crippen LogP contribution in [0.1, 0.15) is 21.6 Å². The van der Waals surface area contributed by atoms with E-state index in [-0.39, 0.29) is 22.9 Å². The van der Waals surface area contributed by atoms with E-state index in [0.717, 1.165) is 16.9 Å². The van der Waals surface area contributed by atoms with Gasteiger partial charge in [-0.15, -0.1) is 0 Å². The largest absolute Gasteiger partial charge is 0.497 e. The minimum atomic E-state index is -0.379. The fraction of sp³-hybridized carbons (Fsp3) is 0.182. The molecular formula is C22H21N5O3. The molecule has 2 aromatic carbocycles. The van der Waals surface area contributed by atoms with Gasteiger partial charge in [-0.25, -0.2) is 9.97 Å². The van der Waals surface area contributed by atoms with E-state index >= 15 is 0 Å². The van der Waals surface area contributed by atoms with Crippen molar-refractivity contribution in [2.45, 2.75) is 13.0 Å². The van der Waals surface area contributed by atoms with Crippen molar-refractivity contribution in [3.63, 3.8) is 0 Å². The first-order valence-electron chi connectivity index (χ1n) is 9.53. The molecule has 0 saturated carbocycles. The number of carbonyl (C=O) groups is 1. The van der Waals surface area contributed by atoms with Gasteiger partial charge in [0, 0.05) is 19.2 Å². The summed E-state index contributed by atoms with van der Waals surface area (Å²) in [5.41, 5.74) is 1.78. The van der Waals surface area contributed by atoms with Gasteiger partial charge in [0.1, 0.15) is 17.8 Å². The molecule has 0 bridgehead atoms. The van der Waals surface area contributed by atoms with Gasteiger partial charge in [0.15, 0.2) is 0 Å². The summed E-state index contributed by atoms with van der Waals surface area (Å²) in [5, 5.41) is 2.67. The molecule has 0 radical (unpaired) electrons. The van der Waals surface area contributed by atoms with Gasteiger partial charge in [-0.1, -0.05) is 42.5 Å². The predicted molar refractivity (Wildman–Crippen MR) is 111 cm³/mol. The molecule has 1 N–H and O–H groups in total. The summed E-state index contributed by atoms with van der Waals surface area (Å²) in [6.07, 6.45) is 2.02. The van der Waals surface area contributed by atoms with Crippen LogP contribution in [0.4, 0.5) is 0 Å². The van der Waals surface area contributed by atoms with Gasteiger partial charge in [-0.3, -0.25) is 14.7 Å². The lowest BCUT2D eigenvalue weighted by Gasteiger charge is -2.22. The smallest absolute Gasteiger partial charge is 0.274 e. The number of amides is 1. The first-order chi connectivity index (χ1) is 14.6. The van der Waals surface area contributed by atoms with Crippen LogP contribution in [0.25, 0.3) is 5.78 Å². The Morgan fingerprint density at radius 2 is 1.87 bits per heavy atom. The van der Waals surface area contributed by atoms with Crippen LogP contribution >= 0.6 is 0 Å². The van der Waals surface area contributed by atoms with E-state index in [1.165, 1.54) is 16.9 Å². The Morgan fingerprint density at radius 3 is 2.60 bits per heavy atom. The minimum Gasteiger partial charge on any atom is -0.497 e. The van der Waals surface area contributed by atoms with Crippen molar-refractivity contribution in [2.24, 2.45) is 0 Å². The summed E-state index contributed by atoms with van der Waals surface area (Å²) in [4.78, 5) is 35.4. The van der Waals surface area contributed by atoms with Gasteiger partial charge in [0.25, 0.3) is 17.2 Å². The summed E-state index contributed by atoms with van der Waals surface area (Å²) < 4.78 is 6.39. The van der Waals surface area contributed by atoms with Gasteiger partial charge < -0.3 is 9.64 Å². The van der Waals surface area contributed by atoms with Gasteiger partial charge in [0.2, 0.25) is 0 Å². The van der Waals surface area contributed by atoms with Gasteiger partial charge >= 0.3 is 0 Å². The van der Waals surface area contributed by atoms with E-state index in [0.29, 0.717) is 19.5 Å². The van der Waals surface area contributed by atoms with E-state index in [2.05, 4.69) is 15.1 Å². The summed E-state index contributed by atoms with van der Waals surface area (Å²) >= 11 is 0. The Balaban J connectivity index is 1.59. The summed E-state index contributed by atoms with van der Waals surface area (Å²) in [7, 11) is 1.63. The number of hydrogen-bond acceptors (Lipinski definition) is 5. The second-order valence-corrected chi connectivity index (χ2v) is 6.81. The first-order valence-corrected chi connectivity index (χ1v) is 9.53. The molecule has 4 rings (SSSR count). The van der Waals surface area contributed by atoms with E-state index in [9.17, 15) is 9.59 Å². The van der Waals surface area contributed by atoms with E-state index in [1.807, 2.05) is 54.6 Å². The number of rotatable bonds is 7. The lowest BCUT2D eigenvalue weighted by molar-refractivity contribution is 0.0739. The maximum Gasteiger partial charge on any atom is 0.274 e. The zero-order valence-electron chi connectivity index (χ0n) is 16.5. The molecule has 1 amide bonds. The van der Waals surface area contributed by atoms with Crippen molar-refractivity contribution in [3.8, 4) is 5.75 Å². The van der Waals surface area contributed by atoms with Crippen LogP contribution in [0, 0.1) is 0 Å². The third-order valence-corrected chi connectivity index (χ3v) is 4.82. The summed E-state index contributed by atoms with van der Waals surface area (Å²) in [6, 6.07) is 18.7. The van der Waals surface area contributed by atoms with Crippen LogP contribution in [0.2, 0.25) is 0 Å². The Kier molecular flexibility index (Phi) is 5.56. The molecule has 152 valence electrons. The molecule has 30 heavy (non-hydrogen) atoms. The van der Waals surface area contributed by atoms with Crippen LogP contribution < -0.4 is 10.3 Å². The molecule has 0 spiro atoms. The molecule has 2 heterocycles. The van der Waals surface area contributed by atoms with Gasteiger partial charge in [-0.05, 0) is 29.7 Å². The molecule has 8 nitrogen and oxygen atoms in total. The number of hydrogen-bond donors (Lipinski definition) is 1. The average Bonchev–Trinajstić information content (AvgIpc) is 3.26.